The fourth-order valence-corrected chi connectivity index (χ4v) is 2.72. The van der Waals surface area contributed by atoms with Gasteiger partial charge in [-0.15, -0.1) is 0 Å². The molecule has 0 bridgehead atoms. The molecule has 21 heavy (non-hydrogen) atoms. The highest BCUT2D eigenvalue weighted by atomic mass is 32.1. The van der Waals surface area contributed by atoms with Crippen molar-refractivity contribution in [1.29, 1.82) is 5.26 Å². The lowest BCUT2D eigenvalue weighted by atomic mass is 10.0. The van der Waals surface area contributed by atoms with Crippen LogP contribution >= 0.6 is 11.3 Å². The van der Waals surface area contributed by atoms with E-state index in [1.807, 2.05) is 41.1 Å². The summed E-state index contributed by atoms with van der Waals surface area (Å²) in [7, 11) is 0. The van der Waals surface area contributed by atoms with Gasteiger partial charge in [-0.25, -0.2) is 0 Å². The number of aliphatic hydroxyl groups is 1. The minimum atomic E-state index is -0.686. The number of carbonyl (C=O) groups excluding carboxylic acids is 1. The summed E-state index contributed by atoms with van der Waals surface area (Å²) in [6, 6.07) is 11.3. The van der Waals surface area contributed by atoms with Crippen molar-refractivity contribution in [2.75, 3.05) is 6.54 Å². The molecule has 1 unspecified atom stereocenters. The number of hydrogen-bond acceptors (Lipinski definition) is 4. The van der Waals surface area contributed by atoms with Gasteiger partial charge in [-0.1, -0.05) is 24.3 Å². The molecular formula is C16H16N2O2S. The van der Waals surface area contributed by atoms with Crippen LogP contribution in [0.4, 0.5) is 0 Å². The molecule has 1 aromatic carbocycles. The van der Waals surface area contributed by atoms with Crippen molar-refractivity contribution < 1.29 is 9.90 Å². The number of benzene rings is 1. The smallest absolute Gasteiger partial charge is 0.224 e. The Kier molecular flexibility index (Phi) is 5.50. The summed E-state index contributed by atoms with van der Waals surface area (Å²) in [6.07, 6.45) is -0.176. The summed E-state index contributed by atoms with van der Waals surface area (Å²) in [4.78, 5) is 11.9. The molecule has 108 valence electrons. The van der Waals surface area contributed by atoms with Crippen LogP contribution < -0.4 is 5.32 Å². The van der Waals surface area contributed by atoms with Crippen molar-refractivity contribution in [2.45, 2.75) is 18.9 Å². The zero-order valence-corrected chi connectivity index (χ0v) is 12.3. The molecule has 1 heterocycles. The largest absolute Gasteiger partial charge is 0.387 e. The average molecular weight is 300 g/mol. The highest BCUT2D eigenvalue weighted by Gasteiger charge is 2.11. The zero-order valence-electron chi connectivity index (χ0n) is 11.5. The Morgan fingerprint density at radius 3 is 2.76 bits per heavy atom. The number of carbonyl (C=O) groups is 1. The van der Waals surface area contributed by atoms with E-state index in [4.69, 9.17) is 5.26 Å². The van der Waals surface area contributed by atoms with E-state index in [2.05, 4.69) is 11.4 Å². The maximum absolute atomic E-state index is 11.9. The average Bonchev–Trinajstić information content (AvgIpc) is 3.01. The first-order valence-corrected chi connectivity index (χ1v) is 7.55. The van der Waals surface area contributed by atoms with Crippen molar-refractivity contribution in [3.63, 3.8) is 0 Å². The van der Waals surface area contributed by atoms with Gasteiger partial charge >= 0.3 is 0 Å². The second kappa shape index (κ2) is 7.58. The molecule has 0 saturated carbocycles. The molecule has 0 fully saturated rings. The van der Waals surface area contributed by atoms with Gasteiger partial charge in [-0.2, -0.15) is 16.6 Å². The number of amides is 1. The first-order chi connectivity index (χ1) is 10.2. The molecule has 0 radical (unpaired) electrons. The number of nitrogens with one attached hydrogen (secondary N) is 1. The molecule has 1 amide bonds. The highest BCUT2D eigenvalue weighted by molar-refractivity contribution is 7.07. The molecule has 5 heteroatoms. The minimum absolute atomic E-state index is 0.158. The number of aliphatic hydroxyl groups excluding tert-OH is 1. The van der Waals surface area contributed by atoms with Gasteiger partial charge in [0.15, 0.2) is 0 Å². The zero-order chi connectivity index (χ0) is 15.1. The summed E-state index contributed by atoms with van der Waals surface area (Å²) in [5, 5.41) is 25.2. The van der Waals surface area contributed by atoms with E-state index in [9.17, 15) is 9.90 Å². The van der Waals surface area contributed by atoms with Gasteiger partial charge in [0.1, 0.15) is 0 Å². The Hall–Kier alpha value is -2.16. The monoisotopic (exact) mass is 300 g/mol. The van der Waals surface area contributed by atoms with Gasteiger partial charge in [-0.3, -0.25) is 4.79 Å². The molecular weight excluding hydrogens is 284 g/mol. The quantitative estimate of drug-likeness (QED) is 0.859. The third kappa shape index (κ3) is 4.42. The van der Waals surface area contributed by atoms with E-state index in [-0.39, 0.29) is 18.9 Å². The van der Waals surface area contributed by atoms with E-state index in [0.29, 0.717) is 6.42 Å². The van der Waals surface area contributed by atoms with Gasteiger partial charge in [-0.05, 0) is 33.5 Å². The van der Waals surface area contributed by atoms with Crippen LogP contribution in [-0.2, 0) is 17.6 Å². The second-order valence-electron chi connectivity index (χ2n) is 4.66. The molecule has 0 aliphatic heterocycles. The maximum atomic E-state index is 11.9. The van der Waals surface area contributed by atoms with Crippen LogP contribution in [0.1, 0.15) is 22.8 Å². The predicted octanol–water partition coefficient (Wildman–Crippen LogP) is 2.21. The number of hydrogen-bond donors (Lipinski definition) is 2. The molecule has 0 spiro atoms. The number of rotatable bonds is 6. The van der Waals surface area contributed by atoms with Gasteiger partial charge < -0.3 is 10.4 Å². The highest BCUT2D eigenvalue weighted by Crippen LogP contribution is 2.15. The van der Waals surface area contributed by atoms with E-state index < -0.39 is 6.10 Å². The van der Waals surface area contributed by atoms with Crippen LogP contribution in [0.3, 0.4) is 0 Å². The van der Waals surface area contributed by atoms with Crippen LogP contribution in [0.15, 0.2) is 41.1 Å². The summed E-state index contributed by atoms with van der Waals surface area (Å²) in [6.45, 7) is 0.190. The number of nitriles is 1. The Balaban J connectivity index is 1.89. The van der Waals surface area contributed by atoms with Crippen LogP contribution in [0.25, 0.3) is 0 Å². The van der Waals surface area contributed by atoms with E-state index in [0.717, 1.165) is 16.7 Å². The van der Waals surface area contributed by atoms with Crippen molar-refractivity contribution in [2.24, 2.45) is 0 Å². The van der Waals surface area contributed by atoms with Crippen LogP contribution in [-0.4, -0.2) is 17.6 Å². The molecule has 2 rings (SSSR count). The van der Waals surface area contributed by atoms with Crippen molar-refractivity contribution in [3.8, 4) is 6.07 Å². The fraction of sp³-hybridized carbons (Fsp3) is 0.250. The molecule has 2 aromatic rings. The minimum Gasteiger partial charge on any atom is -0.387 e. The Labute approximate surface area is 127 Å². The van der Waals surface area contributed by atoms with Gasteiger partial charge in [0, 0.05) is 6.54 Å². The van der Waals surface area contributed by atoms with Gasteiger partial charge in [0.2, 0.25) is 5.91 Å². The molecule has 4 nitrogen and oxygen atoms in total. The lowest BCUT2D eigenvalue weighted by molar-refractivity contribution is -0.120. The Morgan fingerprint density at radius 1 is 1.33 bits per heavy atom. The lowest BCUT2D eigenvalue weighted by Gasteiger charge is -2.11. The second-order valence-corrected chi connectivity index (χ2v) is 5.44. The van der Waals surface area contributed by atoms with Gasteiger partial charge in [0.25, 0.3) is 0 Å². The molecule has 1 aromatic heterocycles. The topological polar surface area (TPSA) is 73.1 Å². The Morgan fingerprint density at radius 2 is 2.10 bits per heavy atom. The maximum Gasteiger partial charge on any atom is 0.224 e. The lowest BCUT2D eigenvalue weighted by Crippen LogP contribution is -2.29. The predicted molar refractivity (Wildman–Crippen MR) is 81.8 cm³/mol. The summed E-state index contributed by atoms with van der Waals surface area (Å²) in [5.74, 6) is -0.158. The first-order valence-electron chi connectivity index (χ1n) is 6.61. The van der Waals surface area contributed by atoms with E-state index >= 15 is 0 Å². The van der Waals surface area contributed by atoms with Crippen molar-refractivity contribution in [3.05, 3.63) is 57.8 Å². The van der Waals surface area contributed by atoms with Crippen LogP contribution in [0.2, 0.25) is 0 Å². The summed E-state index contributed by atoms with van der Waals surface area (Å²) in [5.41, 5.74) is 2.53. The number of thiophene rings is 1. The summed E-state index contributed by atoms with van der Waals surface area (Å²) < 4.78 is 0. The van der Waals surface area contributed by atoms with Crippen LogP contribution in [0, 0.1) is 11.3 Å². The number of nitrogens with zero attached hydrogens (tertiary/aromatic N) is 1. The molecule has 1 atom stereocenters. The third-order valence-electron chi connectivity index (χ3n) is 3.16. The third-order valence-corrected chi connectivity index (χ3v) is 3.86. The molecule has 0 aliphatic carbocycles. The van der Waals surface area contributed by atoms with Gasteiger partial charge in [0.05, 0.1) is 25.0 Å². The molecule has 0 aliphatic rings. The first kappa shape index (κ1) is 15.2. The summed E-state index contributed by atoms with van der Waals surface area (Å²) >= 11 is 1.51. The molecule has 0 saturated heterocycles. The fourth-order valence-electron chi connectivity index (χ4n) is 2.02. The standard InChI is InChI=1S/C16H16N2O2S/c17-7-5-12-3-1-2-4-13(12)9-16(20)18-10-15(19)14-6-8-21-11-14/h1-4,6,8,11,15,19H,5,9-10H2,(H,18,20). The van der Waals surface area contributed by atoms with Crippen molar-refractivity contribution in [1.82, 2.24) is 5.32 Å². The van der Waals surface area contributed by atoms with E-state index in [1.54, 1.807) is 0 Å². The van der Waals surface area contributed by atoms with Crippen molar-refractivity contribution >= 4 is 17.2 Å². The van der Waals surface area contributed by atoms with E-state index in [1.165, 1.54) is 11.3 Å². The molecule has 2 N–H and O–H groups in total. The Bertz CT molecular complexity index is 632. The normalized spacial score (nSPS) is 11.6. The van der Waals surface area contributed by atoms with Crippen LogP contribution in [0.5, 0.6) is 0 Å². The SMILES string of the molecule is N#CCc1ccccc1CC(=O)NCC(O)c1ccsc1.